The van der Waals surface area contributed by atoms with E-state index in [4.69, 9.17) is 4.74 Å². The number of alkyl halides is 1. The Kier molecular flexibility index (Phi) is 7.00. The lowest BCUT2D eigenvalue weighted by Gasteiger charge is -2.27. The molecule has 5 nitrogen and oxygen atoms in total. The standard InChI is InChI=1S/C15H25FO5/c1-7-20-12(18)9-15(16,11(17)8-10(2)3)13(19)21-14(4,5)6/h10H,7-9H2,1-6H3. The number of rotatable bonds is 7. The van der Waals surface area contributed by atoms with E-state index in [2.05, 4.69) is 4.74 Å². The fourth-order valence-electron chi connectivity index (χ4n) is 1.59. The van der Waals surface area contributed by atoms with E-state index in [1.807, 2.05) is 0 Å². The second-order valence-corrected chi connectivity index (χ2v) is 6.31. The summed E-state index contributed by atoms with van der Waals surface area (Å²) in [6.45, 7) is 9.71. The van der Waals surface area contributed by atoms with Gasteiger partial charge in [0.15, 0.2) is 5.78 Å². The van der Waals surface area contributed by atoms with Gasteiger partial charge in [-0.1, -0.05) is 13.8 Å². The molecule has 0 N–H and O–H groups in total. The molecule has 0 aromatic carbocycles. The fraction of sp³-hybridized carbons (Fsp3) is 0.800. The average Bonchev–Trinajstić information content (AvgIpc) is 2.25. The molecule has 0 radical (unpaired) electrons. The van der Waals surface area contributed by atoms with E-state index in [0.29, 0.717) is 0 Å². The molecule has 0 rings (SSSR count). The Bertz CT molecular complexity index is 397. The molecule has 0 aromatic rings. The lowest BCUT2D eigenvalue weighted by molar-refractivity contribution is -0.177. The number of hydrogen-bond donors (Lipinski definition) is 0. The summed E-state index contributed by atoms with van der Waals surface area (Å²) >= 11 is 0. The molecule has 0 aromatic heterocycles. The third-order valence-electron chi connectivity index (χ3n) is 2.45. The van der Waals surface area contributed by atoms with Crippen LogP contribution >= 0.6 is 0 Å². The van der Waals surface area contributed by atoms with Gasteiger partial charge in [0.2, 0.25) is 0 Å². The molecular weight excluding hydrogens is 279 g/mol. The van der Waals surface area contributed by atoms with Gasteiger partial charge in [0.1, 0.15) is 5.60 Å². The number of ether oxygens (including phenoxy) is 2. The number of Topliss-reactive ketones (excluding diaryl/α,β-unsaturated/α-hetero) is 1. The van der Waals surface area contributed by atoms with E-state index in [1.165, 1.54) is 0 Å². The first kappa shape index (κ1) is 19.5. The third kappa shape index (κ3) is 6.69. The van der Waals surface area contributed by atoms with Crippen LogP contribution in [0.1, 0.15) is 54.4 Å². The zero-order chi connectivity index (χ0) is 16.8. The molecule has 0 spiro atoms. The maximum atomic E-state index is 14.9. The van der Waals surface area contributed by atoms with Crippen LogP contribution in [0.4, 0.5) is 4.39 Å². The van der Waals surface area contributed by atoms with Crippen LogP contribution in [0.25, 0.3) is 0 Å². The highest BCUT2D eigenvalue weighted by Crippen LogP contribution is 2.26. The second-order valence-electron chi connectivity index (χ2n) is 6.31. The molecule has 0 heterocycles. The average molecular weight is 304 g/mol. The lowest BCUT2D eigenvalue weighted by atomic mass is 9.90. The van der Waals surface area contributed by atoms with Crippen LogP contribution < -0.4 is 0 Å². The monoisotopic (exact) mass is 304 g/mol. The maximum Gasteiger partial charge on any atom is 0.352 e. The van der Waals surface area contributed by atoms with Crippen molar-refractivity contribution in [2.45, 2.75) is 65.7 Å². The van der Waals surface area contributed by atoms with Gasteiger partial charge in [0, 0.05) is 6.42 Å². The van der Waals surface area contributed by atoms with E-state index in [1.54, 1.807) is 41.5 Å². The zero-order valence-corrected chi connectivity index (χ0v) is 13.6. The first-order valence-corrected chi connectivity index (χ1v) is 7.03. The Hall–Kier alpha value is -1.46. The van der Waals surface area contributed by atoms with Crippen LogP contribution in [0.5, 0.6) is 0 Å². The van der Waals surface area contributed by atoms with E-state index >= 15 is 0 Å². The van der Waals surface area contributed by atoms with Gasteiger partial charge < -0.3 is 9.47 Å². The second kappa shape index (κ2) is 7.52. The van der Waals surface area contributed by atoms with E-state index < -0.39 is 35.4 Å². The molecule has 0 aliphatic rings. The van der Waals surface area contributed by atoms with E-state index in [9.17, 15) is 18.8 Å². The van der Waals surface area contributed by atoms with Crippen LogP contribution in [0.3, 0.4) is 0 Å². The van der Waals surface area contributed by atoms with E-state index in [0.717, 1.165) is 0 Å². The van der Waals surface area contributed by atoms with Crippen molar-refractivity contribution in [2.75, 3.05) is 6.61 Å². The Morgan fingerprint density at radius 2 is 1.67 bits per heavy atom. The van der Waals surface area contributed by atoms with Crippen LogP contribution in [-0.2, 0) is 23.9 Å². The zero-order valence-electron chi connectivity index (χ0n) is 13.6. The minimum atomic E-state index is -3.00. The molecule has 0 fully saturated rings. The van der Waals surface area contributed by atoms with E-state index in [-0.39, 0.29) is 18.9 Å². The van der Waals surface area contributed by atoms with Crippen molar-refractivity contribution >= 4 is 17.7 Å². The Labute approximate surface area is 125 Å². The topological polar surface area (TPSA) is 69.7 Å². The summed E-state index contributed by atoms with van der Waals surface area (Å²) in [7, 11) is 0. The van der Waals surface area contributed by atoms with Gasteiger partial charge in [-0.2, -0.15) is 0 Å². The molecule has 1 unspecified atom stereocenters. The van der Waals surface area contributed by atoms with Crippen molar-refractivity contribution in [3.05, 3.63) is 0 Å². The number of esters is 2. The summed E-state index contributed by atoms with van der Waals surface area (Å²) in [6.07, 6.45) is -1.11. The van der Waals surface area contributed by atoms with Crippen LogP contribution in [0.15, 0.2) is 0 Å². The summed E-state index contributed by atoms with van der Waals surface area (Å²) in [4.78, 5) is 35.6. The summed E-state index contributed by atoms with van der Waals surface area (Å²) < 4.78 is 24.5. The third-order valence-corrected chi connectivity index (χ3v) is 2.45. The largest absolute Gasteiger partial charge is 0.466 e. The van der Waals surface area contributed by atoms with Gasteiger partial charge in [0.05, 0.1) is 13.0 Å². The molecule has 0 saturated carbocycles. The highest BCUT2D eigenvalue weighted by molar-refractivity contribution is 6.09. The number of ketones is 1. The SMILES string of the molecule is CCOC(=O)CC(F)(C(=O)CC(C)C)C(=O)OC(C)(C)C. The predicted molar refractivity (Wildman–Crippen MR) is 75.4 cm³/mol. The first-order chi connectivity index (χ1) is 9.42. The summed E-state index contributed by atoms with van der Waals surface area (Å²) in [5.41, 5.74) is -3.95. The summed E-state index contributed by atoms with van der Waals surface area (Å²) in [5.74, 6) is -3.38. The van der Waals surface area contributed by atoms with Crippen molar-refractivity contribution < 1.29 is 28.2 Å². The first-order valence-electron chi connectivity index (χ1n) is 7.03. The Morgan fingerprint density at radius 1 is 1.14 bits per heavy atom. The Balaban J connectivity index is 5.29. The molecule has 1 atom stereocenters. The van der Waals surface area contributed by atoms with Gasteiger partial charge in [-0.05, 0) is 33.6 Å². The number of carbonyl (C=O) groups is 3. The molecule has 0 bridgehead atoms. The van der Waals surface area contributed by atoms with Gasteiger partial charge in [0.25, 0.3) is 5.67 Å². The Morgan fingerprint density at radius 3 is 2.05 bits per heavy atom. The summed E-state index contributed by atoms with van der Waals surface area (Å²) in [5, 5.41) is 0. The highest BCUT2D eigenvalue weighted by Gasteiger charge is 2.51. The lowest BCUT2D eigenvalue weighted by Crippen LogP contribution is -2.48. The molecule has 0 aliphatic carbocycles. The molecule has 122 valence electrons. The van der Waals surface area contributed by atoms with Crippen LogP contribution in [0.2, 0.25) is 0 Å². The fourth-order valence-corrected chi connectivity index (χ4v) is 1.59. The van der Waals surface area contributed by atoms with Gasteiger partial charge >= 0.3 is 11.9 Å². The van der Waals surface area contributed by atoms with Gasteiger partial charge in [-0.3, -0.25) is 9.59 Å². The highest BCUT2D eigenvalue weighted by atomic mass is 19.1. The number of carbonyl (C=O) groups excluding carboxylic acids is 3. The van der Waals surface area contributed by atoms with Gasteiger partial charge in [-0.25, -0.2) is 9.18 Å². The minimum Gasteiger partial charge on any atom is -0.466 e. The predicted octanol–water partition coefficient (Wildman–Crippen LogP) is 2.60. The van der Waals surface area contributed by atoms with Crippen LogP contribution in [0, 0.1) is 5.92 Å². The quantitative estimate of drug-likeness (QED) is 0.534. The maximum absolute atomic E-state index is 14.9. The van der Waals surface area contributed by atoms with Crippen molar-refractivity contribution in [3.8, 4) is 0 Å². The van der Waals surface area contributed by atoms with Crippen LogP contribution in [-0.4, -0.2) is 35.6 Å². The molecular formula is C15H25FO5. The summed E-state index contributed by atoms with van der Waals surface area (Å²) in [6, 6.07) is 0. The van der Waals surface area contributed by atoms with Gasteiger partial charge in [-0.15, -0.1) is 0 Å². The van der Waals surface area contributed by atoms with Crippen molar-refractivity contribution in [3.63, 3.8) is 0 Å². The number of hydrogen-bond acceptors (Lipinski definition) is 5. The molecule has 21 heavy (non-hydrogen) atoms. The van der Waals surface area contributed by atoms with Crippen molar-refractivity contribution in [2.24, 2.45) is 5.92 Å². The molecule has 0 amide bonds. The molecule has 0 aliphatic heterocycles. The molecule has 0 saturated heterocycles. The van der Waals surface area contributed by atoms with Crippen molar-refractivity contribution in [1.82, 2.24) is 0 Å². The number of halogens is 1. The smallest absolute Gasteiger partial charge is 0.352 e. The normalized spacial score (nSPS) is 14.5. The van der Waals surface area contributed by atoms with Crippen molar-refractivity contribution in [1.29, 1.82) is 0 Å². The molecule has 6 heteroatoms. The minimum absolute atomic E-state index is 0.0433.